The van der Waals surface area contributed by atoms with E-state index < -0.39 is 5.97 Å². The molecule has 3 heteroatoms. The van der Waals surface area contributed by atoms with Crippen molar-refractivity contribution >= 4 is 5.97 Å². The first-order chi connectivity index (χ1) is 4.61. The molecule has 1 saturated carbocycles. The van der Waals surface area contributed by atoms with Gasteiger partial charge in [0.05, 0.1) is 0 Å². The molecule has 58 valence electrons. The first-order valence-corrected chi connectivity index (χ1v) is 3.49. The van der Waals surface area contributed by atoms with Gasteiger partial charge in [0.15, 0.2) is 0 Å². The van der Waals surface area contributed by atoms with Crippen LogP contribution in [-0.2, 0) is 4.79 Å². The Kier molecular flexibility index (Phi) is 1.94. The second kappa shape index (κ2) is 2.58. The normalized spacial score (nSPS) is 30.7. The Morgan fingerprint density at radius 2 is 2.30 bits per heavy atom. The number of carboxylic acid groups (broad SMARTS) is 1. The Morgan fingerprint density at radius 3 is 2.60 bits per heavy atom. The Morgan fingerprint density at radius 1 is 1.70 bits per heavy atom. The highest BCUT2D eigenvalue weighted by Crippen LogP contribution is 2.36. The van der Waals surface area contributed by atoms with Crippen LogP contribution in [0.4, 0.5) is 0 Å². The summed E-state index contributed by atoms with van der Waals surface area (Å²) in [5, 5.41) is 8.40. The van der Waals surface area contributed by atoms with Gasteiger partial charge in [0.1, 0.15) is 0 Å². The van der Waals surface area contributed by atoms with Crippen LogP contribution in [0.5, 0.6) is 0 Å². The fourth-order valence-electron chi connectivity index (χ4n) is 1.31. The van der Waals surface area contributed by atoms with Crippen LogP contribution < -0.4 is 0 Å². The van der Waals surface area contributed by atoms with Gasteiger partial charge in [0.25, 0.3) is 0 Å². The number of hydrogen-bond acceptors (Lipinski definition) is 2. The van der Waals surface area contributed by atoms with Gasteiger partial charge < -0.3 is 10.0 Å². The van der Waals surface area contributed by atoms with Gasteiger partial charge in [-0.3, -0.25) is 4.79 Å². The van der Waals surface area contributed by atoms with Crippen LogP contribution in [0.2, 0.25) is 0 Å². The molecule has 0 aromatic rings. The third-order valence-corrected chi connectivity index (χ3v) is 1.99. The van der Waals surface area contributed by atoms with E-state index in [0.29, 0.717) is 18.4 Å². The number of aliphatic carboxylic acids is 1. The van der Waals surface area contributed by atoms with Gasteiger partial charge in [0, 0.05) is 12.5 Å². The van der Waals surface area contributed by atoms with Gasteiger partial charge >= 0.3 is 5.97 Å². The molecule has 0 radical (unpaired) electrons. The lowest BCUT2D eigenvalue weighted by Gasteiger charge is -2.06. The van der Waals surface area contributed by atoms with Crippen LogP contribution in [0, 0.1) is 5.92 Å². The molecule has 0 saturated heterocycles. The number of hydrogen-bond donors (Lipinski definition) is 1. The number of carbonyl (C=O) groups is 1. The fraction of sp³-hybridized carbons (Fsp3) is 0.857. The third kappa shape index (κ3) is 1.70. The smallest absolute Gasteiger partial charge is 0.303 e. The average molecular weight is 143 g/mol. The van der Waals surface area contributed by atoms with Gasteiger partial charge in [-0.25, -0.2) is 0 Å². The molecule has 1 fully saturated rings. The molecule has 1 rings (SSSR count). The van der Waals surface area contributed by atoms with Crippen molar-refractivity contribution in [1.82, 2.24) is 4.90 Å². The van der Waals surface area contributed by atoms with E-state index in [1.165, 1.54) is 0 Å². The summed E-state index contributed by atoms with van der Waals surface area (Å²) in [4.78, 5) is 12.3. The lowest BCUT2D eigenvalue weighted by atomic mass is 10.3. The van der Waals surface area contributed by atoms with E-state index in [1.807, 2.05) is 14.1 Å². The largest absolute Gasteiger partial charge is 0.481 e. The molecule has 0 aromatic heterocycles. The first-order valence-electron chi connectivity index (χ1n) is 3.49. The quantitative estimate of drug-likeness (QED) is 0.622. The van der Waals surface area contributed by atoms with Gasteiger partial charge in [-0.1, -0.05) is 0 Å². The van der Waals surface area contributed by atoms with Crippen LogP contribution in [0.15, 0.2) is 0 Å². The minimum absolute atomic E-state index is 0.336. The van der Waals surface area contributed by atoms with Gasteiger partial charge in [-0.15, -0.1) is 0 Å². The van der Waals surface area contributed by atoms with E-state index in [1.54, 1.807) is 0 Å². The highest BCUT2D eigenvalue weighted by Gasteiger charge is 2.39. The van der Waals surface area contributed by atoms with Gasteiger partial charge in [-0.2, -0.15) is 0 Å². The lowest BCUT2D eigenvalue weighted by Crippen LogP contribution is -2.16. The van der Waals surface area contributed by atoms with Crippen molar-refractivity contribution < 1.29 is 9.90 Å². The first kappa shape index (κ1) is 7.54. The Balaban J connectivity index is 2.19. The molecule has 2 atom stereocenters. The summed E-state index contributed by atoms with van der Waals surface area (Å²) >= 11 is 0. The molecule has 0 spiro atoms. The predicted molar refractivity (Wildman–Crippen MR) is 37.8 cm³/mol. The summed E-state index contributed by atoms with van der Waals surface area (Å²) in [6, 6.07) is 0.524. The zero-order valence-electron chi connectivity index (χ0n) is 6.37. The zero-order valence-corrected chi connectivity index (χ0v) is 6.37. The highest BCUT2D eigenvalue weighted by molar-refractivity contribution is 5.67. The summed E-state index contributed by atoms with van der Waals surface area (Å²) in [7, 11) is 3.99. The molecule has 3 nitrogen and oxygen atoms in total. The van der Waals surface area contributed by atoms with Gasteiger partial charge in [-0.05, 0) is 26.4 Å². The molecule has 2 unspecified atom stereocenters. The van der Waals surface area contributed by atoms with E-state index in [0.717, 1.165) is 6.42 Å². The summed E-state index contributed by atoms with van der Waals surface area (Å²) in [6.07, 6.45) is 1.39. The van der Waals surface area contributed by atoms with Crippen molar-refractivity contribution in [2.24, 2.45) is 5.92 Å². The van der Waals surface area contributed by atoms with Crippen molar-refractivity contribution in [3.05, 3.63) is 0 Å². The lowest BCUT2D eigenvalue weighted by molar-refractivity contribution is -0.137. The van der Waals surface area contributed by atoms with Crippen molar-refractivity contribution in [3.8, 4) is 0 Å². The van der Waals surface area contributed by atoms with Gasteiger partial charge in [0.2, 0.25) is 0 Å². The van der Waals surface area contributed by atoms with Crippen molar-refractivity contribution in [2.75, 3.05) is 14.1 Å². The number of nitrogens with zero attached hydrogens (tertiary/aromatic N) is 1. The zero-order chi connectivity index (χ0) is 7.72. The SMILES string of the molecule is CN(C)C1CC1CC(=O)O. The van der Waals surface area contributed by atoms with Crippen molar-refractivity contribution in [3.63, 3.8) is 0 Å². The Bertz CT molecular complexity index is 145. The molecule has 0 aromatic carbocycles. The molecule has 1 aliphatic rings. The second-order valence-corrected chi connectivity index (χ2v) is 3.12. The topological polar surface area (TPSA) is 40.5 Å². The average Bonchev–Trinajstić information content (AvgIpc) is 2.43. The van der Waals surface area contributed by atoms with Crippen LogP contribution in [-0.4, -0.2) is 36.1 Å². The number of rotatable bonds is 3. The molecule has 0 aliphatic heterocycles. The maximum absolute atomic E-state index is 10.2. The third-order valence-electron chi connectivity index (χ3n) is 1.99. The summed E-state index contributed by atoms with van der Waals surface area (Å²) in [6.45, 7) is 0. The molecular formula is C7H13NO2. The minimum Gasteiger partial charge on any atom is -0.481 e. The van der Waals surface area contributed by atoms with Crippen LogP contribution >= 0.6 is 0 Å². The summed E-state index contributed by atoms with van der Waals surface area (Å²) in [5.74, 6) is -0.262. The summed E-state index contributed by atoms with van der Waals surface area (Å²) < 4.78 is 0. The molecule has 10 heavy (non-hydrogen) atoms. The maximum atomic E-state index is 10.2. The van der Waals surface area contributed by atoms with E-state index in [9.17, 15) is 4.79 Å². The van der Waals surface area contributed by atoms with E-state index in [4.69, 9.17) is 5.11 Å². The van der Waals surface area contributed by atoms with Crippen LogP contribution in [0.1, 0.15) is 12.8 Å². The number of carboxylic acids is 1. The molecule has 1 N–H and O–H groups in total. The van der Waals surface area contributed by atoms with Crippen molar-refractivity contribution in [1.29, 1.82) is 0 Å². The molecule has 0 amide bonds. The Hall–Kier alpha value is -0.570. The maximum Gasteiger partial charge on any atom is 0.303 e. The highest BCUT2D eigenvalue weighted by atomic mass is 16.4. The molecule has 1 aliphatic carbocycles. The van der Waals surface area contributed by atoms with E-state index in [2.05, 4.69) is 4.90 Å². The van der Waals surface area contributed by atoms with E-state index >= 15 is 0 Å². The molecule has 0 bridgehead atoms. The Labute approximate surface area is 60.6 Å². The second-order valence-electron chi connectivity index (χ2n) is 3.12. The predicted octanol–water partition coefficient (Wildman–Crippen LogP) is 0.411. The van der Waals surface area contributed by atoms with Crippen LogP contribution in [0.3, 0.4) is 0 Å². The molecular weight excluding hydrogens is 130 g/mol. The van der Waals surface area contributed by atoms with E-state index in [-0.39, 0.29) is 0 Å². The molecule has 0 heterocycles. The van der Waals surface area contributed by atoms with Crippen LogP contribution in [0.25, 0.3) is 0 Å². The standard InChI is InChI=1S/C7H13NO2/c1-8(2)6-3-5(6)4-7(9)10/h5-6H,3-4H2,1-2H3,(H,9,10). The minimum atomic E-state index is -0.672. The fourth-order valence-corrected chi connectivity index (χ4v) is 1.31. The summed E-state index contributed by atoms with van der Waals surface area (Å²) in [5.41, 5.74) is 0. The monoisotopic (exact) mass is 143 g/mol. The van der Waals surface area contributed by atoms with Crippen molar-refractivity contribution in [2.45, 2.75) is 18.9 Å².